The van der Waals surface area contributed by atoms with Gasteiger partial charge in [0, 0.05) is 16.1 Å². The van der Waals surface area contributed by atoms with E-state index in [0.29, 0.717) is 17.1 Å². The molecule has 22 heavy (non-hydrogen) atoms. The van der Waals surface area contributed by atoms with Crippen molar-refractivity contribution in [2.75, 3.05) is 0 Å². The molecule has 0 heterocycles. The molecule has 1 saturated carbocycles. The first-order valence-electron chi connectivity index (χ1n) is 8.28. The maximum Gasteiger partial charge on any atom is 0.224 e. The largest absolute Gasteiger partial charge is 0.349 e. The Bertz CT molecular complexity index is 563. The Hall–Kier alpha value is -1.22. The van der Waals surface area contributed by atoms with E-state index in [9.17, 15) is 4.79 Å². The van der Waals surface area contributed by atoms with Crippen LogP contribution in [0.4, 0.5) is 0 Å². The van der Waals surface area contributed by atoms with Crippen LogP contribution in [0.2, 0.25) is 0 Å². The standard InChI is InChI=1S/C19H25NOS/c1-12(2)22-17-8-6-15(7-9-17)13(3)20-19(21)18-11-14-4-5-16(18)10-14/h4-9,12-14,16,18H,10-11H2,1-3H3,(H,20,21)/t13-,14+,16+,18-/m1/s1. The smallest absolute Gasteiger partial charge is 0.224 e. The average Bonchev–Trinajstić information content (AvgIpc) is 3.10. The Balaban J connectivity index is 1.58. The van der Waals surface area contributed by atoms with Crippen molar-refractivity contribution < 1.29 is 4.79 Å². The number of nitrogens with one attached hydrogen (secondary N) is 1. The lowest BCUT2D eigenvalue weighted by atomic mass is 9.92. The predicted molar refractivity (Wildman–Crippen MR) is 92.8 cm³/mol. The van der Waals surface area contributed by atoms with Crippen molar-refractivity contribution in [2.24, 2.45) is 17.8 Å². The highest BCUT2D eigenvalue weighted by Crippen LogP contribution is 2.43. The highest BCUT2D eigenvalue weighted by Gasteiger charge is 2.39. The van der Waals surface area contributed by atoms with Gasteiger partial charge >= 0.3 is 0 Å². The summed E-state index contributed by atoms with van der Waals surface area (Å²) in [6, 6.07) is 8.66. The number of carbonyl (C=O) groups is 1. The first-order chi connectivity index (χ1) is 10.5. The highest BCUT2D eigenvalue weighted by atomic mass is 32.2. The fourth-order valence-corrected chi connectivity index (χ4v) is 4.43. The Kier molecular flexibility index (Phi) is 4.62. The molecule has 1 aromatic rings. The van der Waals surface area contributed by atoms with Gasteiger partial charge in [0.05, 0.1) is 6.04 Å². The van der Waals surface area contributed by atoms with Crippen LogP contribution in [-0.4, -0.2) is 11.2 Å². The van der Waals surface area contributed by atoms with Crippen LogP contribution in [0, 0.1) is 17.8 Å². The molecule has 0 aliphatic heterocycles. The van der Waals surface area contributed by atoms with Crippen molar-refractivity contribution in [3.8, 4) is 0 Å². The Labute approximate surface area is 137 Å². The van der Waals surface area contributed by atoms with E-state index in [2.05, 4.69) is 62.5 Å². The molecule has 0 aromatic heterocycles. The zero-order valence-corrected chi connectivity index (χ0v) is 14.4. The van der Waals surface area contributed by atoms with E-state index in [1.807, 2.05) is 11.8 Å². The normalized spacial score (nSPS) is 27.4. The summed E-state index contributed by atoms with van der Waals surface area (Å²) in [6.07, 6.45) is 6.72. The van der Waals surface area contributed by atoms with Crippen LogP contribution in [-0.2, 0) is 4.79 Å². The summed E-state index contributed by atoms with van der Waals surface area (Å²) in [4.78, 5) is 13.8. The van der Waals surface area contributed by atoms with Gasteiger partial charge in [-0.25, -0.2) is 0 Å². The average molecular weight is 315 g/mol. The maximum atomic E-state index is 12.5. The minimum Gasteiger partial charge on any atom is -0.349 e. The van der Waals surface area contributed by atoms with E-state index in [1.165, 1.54) is 16.9 Å². The first kappa shape index (κ1) is 15.7. The second kappa shape index (κ2) is 6.49. The molecule has 1 amide bonds. The highest BCUT2D eigenvalue weighted by molar-refractivity contribution is 7.99. The van der Waals surface area contributed by atoms with Crippen molar-refractivity contribution >= 4 is 17.7 Å². The molecule has 118 valence electrons. The van der Waals surface area contributed by atoms with Gasteiger partial charge in [-0.05, 0) is 49.3 Å². The number of amides is 1. The van der Waals surface area contributed by atoms with Crippen LogP contribution in [0.15, 0.2) is 41.3 Å². The van der Waals surface area contributed by atoms with Crippen LogP contribution in [0.25, 0.3) is 0 Å². The predicted octanol–water partition coefficient (Wildman–Crippen LogP) is 4.58. The number of fused-ring (bicyclic) bond motifs is 2. The summed E-state index contributed by atoms with van der Waals surface area (Å²) in [5.41, 5.74) is 1.18. The minimum absolute atomic E-state index is 0.0775. The zero-order chi connectivity index (χ0) is 15.7. The fraction of sp³-hybridized carbons (Fsp3) is 0.526. The molecule has 2 nitrogen and oxygen atoms in total. The number of allylic oxidation sites excluding steroid dienone is 2. The van der Waals surface area contributed by atoms with Gasteiger partial charge in [-0.15, -0.1) is 11.8 Å². The molecule has 3 heteroatoms. The molecule has 0 radical (unpaired) electrons. The second-order valence-electron chi connectivity index (χ2n) is 6.85. The van der Waals surface area contributed by atoms with Gasteiger partial charge in [0.25, 0.3) is 0 Å². The van der Waals surface area contributed by atoms with E-state index < -0.39 is 0 Å². The molecule has 0 saturated heterocycles. The van der Waals surface area contributed by atoms with Gasteiger partial charge in [-0.2, -0.15) is 0 Å². The quantitative estimate of drug-likeness (QED) is 0.636. The van der Waals surface area contributed by atoms with Crippen LogP contribution in [0.3, 0.4) is 0 Å². The van der Waals surface area contributed by atoms with Crippen molar-refractivity contribution in [1.29, 1.82) is 0 Å². The lowest BCUT2D eigenvalue weighted by Crippen LogP contribution is -2.34. The zero-order valence-electron chi connectivity index (χ0n) is 13.6. The molecule has 3 rings (SSSR count). The number of rotatable bonds is 5. The van der Waals surface area contributed by atoms with E-state index >= 15 is 0 Å². The van der Waals surface area contributed by atoms with E-state index in [1.54, 1.807) is 0 Å². The number of thioether (sulfide) groups is 1. The topological polar surface area (TPSA) is 29.1 Å². The number of carbonyl (C=O) groups excluding carboxylic acids is 1. The van der Waals surface area contributed by atoms with Crippen molar-refractivity contribution in [3.05, 3.63) is 42.0 Å². The molecule has 0 spiro atoms. The van der Waals surface area contributed by atoms with Crippen LogP contribution in [0.1, 0.15) is 45.2 Å². The summed E-state index contributed by atoms with van der Waals surface area (Å²) in [5, 5.41) is 3.80. The molecule has 0 unspecified atom stereocenters. The number of hydrogen-bond donors (Lipinski definition) is 1. The van der Waals surface area contributed by atoms with E-state index in [0.717, 1.165) is 6.42 Å². The summed E-state index contributed by atoms with van der Waals surface area (Å²) in [6.45, 7) is 6.47. The molecule has 4 atom stereocenters. The summed E-state index contributed by atoms with van der Waals surface area (Å²) >= 11 is 1.87. The molecule has 2 aliphatic rings. The first-order valence-corrected chi connectivity index (χ1v) is 9.16. The van der Waals surface area contributed by atoms with Gasteiger partial charge in [-0.1, -0.05) is 38.1 Å². The second-order valence-corrected chi connectivity index (χ2v) is 8.50. The molecule has 2 aliphatic carbocycles. The number of benzene rings is 1. The molecule has 2 bridgehead atoms. The minimum atomic E-state index is 0.0775. The Morgan fingerprint density at radius 2 is 1.86 bits per heavy atom. The third-order valence-electron chi connectivity index (χ3n) is 4.73. The van der Waals surface area contributed by atoms with Gasteiger partial charge in [0.1, 0.15) is 0 Å². The lowest BCUT2D eigenvalue weighted by Gasteiger charge is -2.21. The molecule has 1 fully saturated rings. The summed E-state index contributed by atoms with van der Waals surface area (Å²) < 4.78 is 0. The van der Waals surface area contributed by atoms with Gasteiger partial charge in [-0.3, -0.25) is 4.79 Å². The SMILES string of the molecule is CC(C)Sc1ccc([C@@H](C)NC(=O)[C@@H]2C[C@H]3C=C[C@H]2C3)cc1. The van der Waals surface area contributed by atoms with Crippen molar-refractivity contribution in [3.63, 3.8) is 0 Å². The molecule has 1 aromatic carbocycles. The molecular weight excluding hydrogens is 290 g/mol. The van der Waals surface area contributed by atoms with Crippen LogP contribution < -0.4 is 5.32 Å². The Morgan fingerprint density at radius 3 is 2.41 bits per heavy atom. The van der Waals surface area contributed by atoms with Crippen LogP contribution >= 0.6 is 11.8 Å². The Morgan fingerprint density at radius 1 is 1.14 bits per heavy atom. The lowest BCUT2D eigenvalue weighted by molar-refractivity contribution is -0.126. The van der Waals surface area contributed by atoms with Crippen molar-refractivity contribution in [1.82, 2.24) is 5.32 Å². The number of hydrogen-bond acceptors (Lipinski definition) is 2. The monoisotopic (exact) mass is 315 g/mol. The summed E-state index contributed by atoms with van der Waals surface area (Å²) in [7, 11) is 0. The van der Waals surface area contributed by atoms with E-state index in [4.69, 9.17) is 0 Å². The third-order valence-corrected chi connectivity index (χ3v) is 5.74. The van der Waals surface area contributed by atoms with Crippen LogP contribution in [0.5, 0.6) is 0 Å². The van der Waals surface area contributed by atoms with E-state index in [-0.39, 0.29) is 17.9 Å². The maximum absolute atomic E-state index is 12.5. The van der Waals surface area contributed by atoms with Crippen molar-refractivity contribution in [2.45, 2.75) is 49.8 Å². The van der Waals surface area contributed by atoms with Gasteiger partial charge in [0.2, 0.25) is 5.91 Å². The third kappa shape index (κ3) is 3.40. The van der Waals surface area contributed by atoms with Gasteiger partial charge in [0.15, 0.2) is 0 Å². The molecular formula is C19H25NOS. The van der Waals surface area contributed by atoms with Gasteiger partial charge < -0.3 is 5.32 Å². The molecule has 1 N–H and O–H groups in total. The fourth-order valence-electron chi connectivity index (χ4n) is 3.59. The summed E-state index contributed by atoms with van der Waals surface area (Å²) in [5.74, 6) is 1.53.